The van der Waals surface area contributed by atoms with Gasteiger partial charge in [-0.3, -0.25) is 9.59 Å². The van der Waals surface area contributed by atoms with Gasteiger partial charge in [-0.05, 0) is 18.2 Å². The zero-order valence-electron chi connectivity index (χ0n) is 11.4. The molecule has 1 aromatic carbocycles. The quantitative estimate of drug-likeness (QED) is 0.766. The summed E-state index contributed by atoms with van der Waals surface area (Å²) in [5.74, 6) is -0.181. The van der Waals surface area contributed by atoms with Gasteiger partial charge in [-0.25, -0.2) is 0 Å². The van der Waals surface area contributed by atoms with Crippen LogP contribution in [0.3, 0.4) is 0 Å². The molecule has 20 heavy (non-hydrogen) atoms. The number of Topliss-reactive ketones (excluding diaryl/α,β-unsaturated/α-hetero) is 1. The number of fused-ring (bicyclic) bond motifs is 1. The predicted octanol–water partition coefficient (Wildman–Crippen LogP) is 1.44. The second-order valence-corrected chi connectivity index (χ2v) is 4.90. The Morgan fingerprint density at radius 2 is 2.00 bits per heavy atom. The Bertz CT molecular complexity index is 526. The number of hydrogen-bond acceptors (Lipinski definition) is 5. The summed E-state index contributed by atoms with van der Waals surface area (Å²) in [6.45, 7) is 3.86. The minimum absolute atomic E-state index is 0.0114. The Hall–Kier alpha value is -2.08. The Morgan fingerprint density at radius 1 is 1.30 bits per heavy atom. The summed E-state index contributed by atoms with van der Waals surface area (Å²) in [7, 11) is 0. The van der Waals surface area contributed by atoms with Gasteiger partial charge in [0.1, 0.15) is 0 Å². The molecule has 1 unspecified atom stereocenters. The number of carbonyl (C=O) groups is 2. The first kappa shape index (κ1) is 14.3. The predicted molar refractivity (Wildman–Crippen MR) is 71.2 cm³/mol. The monoisotopic (exact) mass is 279 g/mol. The lowest BCUT2D eigenvalue weighted by Crippen LogP contribution is -2.42. The molecule has 1 aliphatic heterocycles. The number of rotatable bonds is 6. The maximum absolute atomic E-state index is 12.4. The van der Waals surface area contributed by atoms with Crippen LogP contribution in [-0.4, -0.2) is 35.7 Å². The first-order valence-corrected chi connectivity index (χ1v) is 6.39. The Kier molecular flexibility index (Phi) is 4.24. The molecule has 0 spiro atoms. The van der Waals surface area contributed by atoms with Crippen molar-refractivity contribution in [2.24, 2.45) is 0 Å². The fourth-order valence-corrected chi connectivity index (χ4v) is 2.06. The highest BCUT2D eigenvalue weighted by Crippen LogP contribution is 2.32. The minimum atomic E-state index is -1.02. The van der Waals surface area contributed by atoms with Crippen LogP contribution in [0.15, 0.2) is 18.2 Å². The molecule has 108 valence electrons. The summed E-state index contributed by atoms with van der Waals surface area (Å²) in [5, 5.41) is 11.9. The molecule has 0 saturated heterocycles. The topological polar surface area (TPSA) is 84.9 Å². The summed E-state index contributed by atoms with van der Waals surface area (Å²) in [5.41, 5.74) is 0.411. The fourth-order valence-electron chi connectivity index (χ4n) is 2.06. The van der Waals surface area contributed by atoms with E-state index in [1.807, 2.05) is 13.8 Å². The molecule has 6 nitrogen and oxygen atoms in total. The van der Waals surface area contributed by atoms with E-state index in [0.29, 0.717) is 17.1 Å². The average Bonchev–Trinajstić information content (AvgIpc) is 2.83. The summed E-state index contributed by atoms with van der Waals surface area (Å²) in [4.78, 5) is 23.3. The number of aliphatic carboxylic acids is 1. The lowest BCUT2D eigenvalue weighted by atomic mass is 10.0. The Balaban J connectivity index is 2.20. The van der Waals surface area contributed by atoms with Crippen LogP contribution in [0.25, 0.3) is 0 Å². The molecule has 1 atom stereocenters. The van der Waals surface area contributed by atoms with Gasteiger partial charge in [0.25, 0.3) is 0 Å². The van der Waals surface area contributed by atoms with Crippen LogP contribution in [0.2, 0.25) is 0 Å². The largest absolute Gasteiger partial charge is 0.481 e. The van der Waals surface area contributed by atoms with Crippen molar-refractivity contribution in [3.05, 3.63) is 23.8 Å². The summed E-state index contributed by atoms with van der Waals surface area (Å²) < 4.78 is 10.4. The molecular weight excluding hydrogens is 262 g/mol. The van der Waals surface area contributed by atoms with Crippen molar-refractivity contribution in [3.63, 3.8) is 0 Å². The fraction of sp³-hybridized carbons (Fsp3) is 0.429. The number of nitrogens with one attached hydrogen (secondary N) is 1. The molecule has 0 aromatic heterocycles. The molecule has 0 amide bonds. The molecule has 2 rings (SSSR count). The van der Waals surface area contributed by atoms with E-state index in [2.05, 4.69) is 5.32 Å². The van der Waals surface area contributed by atoms with Crippen molar-refractivity contribution in [1.82, 2.24) is 5.32 Å². The third-order valence-electron chi connectivity index (χ3n) is 2.89. The molecule has 1 heterocycles. The standard InChI is InChI=1S/C14H17NO5/c1-8(2)15-10(6-13(16)17)14(18)9-3-4-11-12(5-9)20-7-19-11/h3-5,8,10,15H,6-7H2,1-2H3,(H,16,17). The van der Waals surface area contributed by atoms with Gasteiger partial charge in [-0.2, -0.15) is 0 Å². The highest BCUT2D eigenvalue weighted by atomic mass is 16.7. The zero-order chi connectivity index (χ0) is 14.7. The van der Waals surface area contributed by atoms with Crippen molar-refractivity contribution in [1.29, 1.82) is 0 Å². The maximum atomic E-state index is 12.4. The van der Waals surface area contributed by atoms with Gasteiger partial charge in [-0.15, -0.1) is 0 Å². The minimum Gasteiger partial charge on any atom is -0.481 e. The summed E-state index contributed by atoms with van der Waals surface area (Å²) in [6, 6.07) is 4.11. The van der Waals surface area contributed by atoms with Gasteiger partial charge in [0.2, 0.25) is 6.79 Å². The molecule has 0 saturated carbocycles. The molecule has 0 bridgehead atoms. The smallest absolute Gasteiger partial charge is 0.305 e. The van der Waals surface area contributed by atoms with E-state index >= 15 is 0 Å². The van der Waals surface area contributed by atoms with E-state index in [1.165, 1.54) is 0 Å². The molecule has 0 radical (unpaired) electrons. The number of carboxylic acids is 1. The molecule has 0 aliphatic carbocycles. The molecule has 1 aromatic rings. The molecule has 1 aliphatic rings. The van der Waals surface area contributed by atoms with Gasteiger partial charge < -0.3 is 19.9 Å². The van der Waals surface area contributed by atoms with E-state index in [4.69, 9.17) is 14.6 Å². The third-order valence-corrected chi connectivity index (χ3v) is 2.89. The Morgan fingerprint density at radius 3 is 2.65 bits per heavy atom. The van der Waals surface area contributed by atoms with Gasteiger partial charge in [-0.1, -0.05) is 13.8 Å². The van der Waals surface area contributed by atoms with Crippen molar-refractivity contribution in [3.8, 4) is 11.5 Å². The summed E-state index contributed by atoms with van der Waals surface area (Å²) in [6.07, 6.45) is -0.258. The first-order valence-electron chi connectivity index (χ1n) is 6.39. The maximum Gasteiger partial charge on any atom is 0.305 e. The van der Waals surface area contributed by atoms with Crippen molar-refractivity contribution in [2.75, 3.05) is 6.79 Å². The normalized spacial score (nSPS) is 14.3. The van der Waals surface area contributed by atoms with Crippen LogP contribution in [0.4, 0.5) is 0 Å². The molecular formula is C14H17NO5. The van der Waals surface area contributed by atoms with E-state index in [9.17, 15) is 9.59 Å². The van der Waals surface area contributed by atoms with E-state index in [-0.39, 0.29) is 25.0 Å². The molecule has 6 heteroatoms. The van der Waals surface area contributed by atoms with Gasteiger partial charge in [0, 0.05) is 11.6 Å². The number of carbonyl (C=O) groups excluding carboxylic acids is 1. The zero-order valence-corrected chi connectivity index (χ0v) is 11.4. The SMILES string of the molecule is CC(C)NC(CC(=O)O)C(=O)c1ccc2c(c1)OCO2. The van der Waals surface area contributed by atoms with Crippen LogP contribution in [0.5, 0.6) is 11.5 Å². The number of ketones is 1. The van der Waals surface area contributed by atoms with E-state index in [0.717, 1.165) is 0 Å². The van der Waals surface area contributed by atoms with Crippen LogP contribution >= 0.6 is 0 Å². The average molecular weight is 279 g/mol. The van der Waals surface area contributed by atoms with E-state index in [1.54, 1.807) is 18.2 Å². The van der Waals surface area contributed by atoms with Crippen molar-refractivity contribution in [2.45, 2.75) is 32.4 Å². The lowest BCUT2D eigenvalue weighted by molar-refractivity contribution is -0.137. The van der Waals surface area contributed by atoms with Crippen LogP contribution < -0.4 is 14.8 Å². The molecule has 0 fully saturated rings. The highest BCUT2D eigenvalue weighted by molar-refractivity contribution is 6.02. The second-order valence-electron chi connectivity index (χ2n) is 4.90. The van der Waals surface area contributed by atoms with Crippen LogP contribution in [-0.2, 0) is 4.79 Å². The van der Waals surface area contributed by atoms with Crippen molar-refractivity contribution >= 4 is 11.8 Å². The van der Waals surface area contributed by atoms with Gasteiger partial charge in [0.05, 0.1) is 12.5 Å². The molecule has 2 N–H and O–H groups in total. The second kappa shape index (κ2) is 5.92. The summed E-state index contributed by atoms with van der Waals surface area (Å²) >= 11 is 0. The van der Waals surface area contributed by atoms with Crippen molar-refractivity contribution < 1.29 is 24.2 Å². The third kappa shape index (κ3) is 3.27. The number of ether oxygens (including phenoxy) is 2. The number of hydrogen-bond donors (Lipinski definition) is 2. The van der Waals surface area contributed by atoms with Gasteiger partial charge >= 0.3 is 5.97 Å². The van der Waals surface area contributed by atoms with E-state index < -0.39 is 12.0 Å². The highest BCUT2D eigenvalue weighted by Gasteiger charge is 2.25. The first-order chi connectivity index (χ1) is 9.47. The number of carboxylic acid groups (broad SMARTS) is 1. The van der Waals surface area contributed by atoms with Gasteiger partial charge in [0.15, 0.2) is 17.3 Å². The van der Waals surface area contributed by atoms with Crippen LogP contribution in [0, 0.1) is 0 Å². The lowest BCUT2D eigenvalue weighted by Gasteiger charge is -2.18. The number of benzene rings is 1. The van der Waals surface area contributed by atoms with Crippen LogP contribution in [0.1, 0.15) is 30.6 Å². The Labute approximate surface area is 116 Å².